The quantitative estimate of drug-likeness (QED) is 0.857. The molecule has 0 spiro atoms. The number of hydrogen-bond donors (Lipinski definition) is 2. The summed E-state index contributed by atoms with van der Waals surface area (Å²) < 4.78 is 0. The molecule has 1 aromatic carbocycles. The number of carbonyl (C=O) groups excluding carboxylic acids is 1. The molecule has 2 rings (SSSR count). The van der Waals surface area contributed by atoms with Crippen LogP contribution in [0.4, 0.5) is 0 Å². The highest BCUT2D eigenvalue weighted by Crippen LogP contribution is 2.19. The van der Waals surface area contributed by atoms with E-state index in [4.69, 9.17) is 0 Å². The third kappa shape index (κ3) is 4.32. The van der Waals surface area contributed by atoms with Crippen LogP contribution in [0.15, 0.2) is 30.3 Å². The van der Waals surface area contributed by atoms with Gasteiger partial charge < -0.3 is 10.4 Å². The number of hydrogen-bond acceptors (Lipinski definition) is 3. The fourth-order valence-corrected chi connectivity index (χ4v) is 2.80. The van der Waals surface area contributed by atoms with Crippen molar-refractivity contribution in [2.75, 3.05) is 13.1 Å². The predicted molar refractivity (Wildman–Crippen MR) is 79.2 cm³/mol. The number of nitrogens with zero attached hydrogens (tertiary/aromatic N) is 1. The van der Waals surface area contributed by atoms with Crippen molar-refractivity contribution >= 4 is 5.91 Å². The molecule has 4 heteroatoms. The number of aliphatic hydroxyl groups is 1. The summed E-state index contributed by atoms with van der Waals surface area (Å²) in [6.45, 7) is 3.65. The smallest absolute Gasteiger partial charge is 0.234 e. The predicted octanol–water partition coefficient (Wildman–Crippen LogP) is 1.54. The molecule has 1 aliphatic rings. The molecule has 0 unspecified atom stereocenters. The molecule has 0 aliphatic carbocycles. The van der Waals surface area contributed by atoms with Gasteiger partial charge in [0.15, 0.2) is 0 Å². The van der Waals surface area contributed by atoms with Crippen LogP contribution in [-0.2, 0) is 11.3 Å². The van der Waals surface area contributed by atoms with Crippen LogP contribution in [0, 0.1) is 0 Å². The van der Waals surface area contributed by atoms with Gasteiger partial charge in [-0.2, -0.15) is 0 Å². The highest BCUT2D eigenvalue weighted by atomic mass is 16.3. The summed E-state index contributed by atoms with van der Waals surface area (Å²) in [6.07, 6.45) is 2.84. The maximum Gasteiger partial charge on any atom is 0.234 e. The Balaban J connectivity index is 1.81. The summed E-state index contributed by atoms with van der Waals surface area (Å²) in [6, 6.07) is 10.0. The van der Waals surface area contributed by atoms with Gasteiger partial charge in [0.2, 0.25) is 5.91 Å². The van der Waals surface area contributed by atoms with Gasteiger partial charge in [0.1, 0.15) is 0 Å². The number of rotatable bonds is 5. The van der Waals surface area contributed by atoms with E-state index in [0.29, 0.717) is 13.1 Å². The first-order chi connectivity index (χ1) is 9.66. The number of amides is 1. The van der Waals surface area contributed by atoms with E-state index in [9.17, 15) is 9.90 Å². The summed E-state index contributed by atoms with van der Waals surface area (Å²) in [7, 11) is 0. The zero-order valence-electron chi connectivity index (χ0n) is 12.1. The molecule has 0 bridgehead atoms. The summed E-state index contributed by atoms with van der Waals surface area (Å²) in [5, 5.41) is 12.7. The van der Waals surface area contributed by atoms with Crippen LogP contribution in [0.3, 0.4) is 0 Å². The maximum atomic E-state index is 12.0. The Bertz CT molecular complexity index is 420. The lowest BCUT2D eigenvalue weighted by molar-refractivity contribution is -0.124. The number of benzene rings is 1. The molecule has 0 saturated carbocycles. The molecule has 0 aromatic heterocycles. The van der Waals surface area contributed by atoms with Crippen LogP contribution in [0.25, 0.3) is 0 Å². The molecule has 20 heavy (non-hydrogen) atoms. The second-order valence-corrected chi connectivity index (χ2v) is 5.54. The van der Waals surface area contributed by atoms with E-state index in [0.717, 1.165) is 31.4 Å². The van der Waals surface area contributed by atoms with Gasteiger partial charge in [-0.25, -0.2) is 0 Å². The van der Waals surface area contributed by atoms with E-state index in [1.807, 2.05) is 37.3 Å². The Hall–Kier alpha value is -1.39. The first-order valence-corrected chi connectivity index (χ1v) is 7.39. The summed E-state index contributed by atoms with van der Waals surface area (Å²) in [5.41, 5.74) is 1.10. The molecule has 110 valence electrons. The lowest BCUT2D eigenvalue weighted by atomic mass is 9.98. The number of carbonyl (C=O) groups is 1. The van der Waals surface area contributed by atoms with Crippen molar-refractivity contribution in [1.29, 1.82) is 0 Å². The average Bonchev–Trinajstić information content (AvgIpc) is 2.46. The topological polar surface area (TPSA) is 52.6 Å². The van der Waals surface area contributed by atoms with Gasteiger partial charge in [-0.1, -0.05) is 36.8 Å². The Labute approximate surface area is 120 Å². The SMILES string of the molecule is C[C@H](O)[C@@H]1CCCCN1CC(=O)NCc1ccccc1. The third-order valence-corrected chi connectivity index (χ3v) is 3.90. The van der Waals surface area contributed by atoms with Gasteiger partial charge in [0.05, 0.1) is 12.6 Å². The molecule has 4 nitrogen and oxygen atoms in total. The van der Waals surface area contributed by atoms with Crippen molar-refractivity contribution in [2.24, 2.45) is 0 Å². The van der Waals surface area contributed by atoms with Gasteiger partial charge in [-0.15, -0.1) is 0 Å². The molecule has 1 saturated heterocycles. The molecule has 2 N–H and O–H groups in total. The van der Waals surface area contributed by atoms with E-state index < -0.39 is 0 Å². The second-order valence-electron chi connectivity index (χ2n) is 5.54. The van der Waals surface area contributed by atoms with E-state index in [2.05, 4.69) is 10.2 Å². The monoisotopic (exact) mass is 276 g/mol. The van der Waals surface area contributed by atoms with Crippen LogP contribution in [0.5, 0.6) is 0 Å². The number of nitrogens with one attached hydrogen (secondary N) is 1. The summed E-state index contributed by atoms with van der Waals surface area (Å²) in [5.74, 6) is 0.0291. The van der Waals surface area contributed by atoms with Crippen LogP contribution >= 0.6 is 0 Å². The number of aliphatic hydroxyl groups excluding tert-OH is 1. The van der Waals surface area contributed by atoms with Crippen LogP contribution in [0.1, 0.15) is 31.7 Å². The number of likely N-dealkylation sites (tertiary alicyclic amines) is 1. The molecule has 1 aliphatic heterocycles. The molecule has 2 atom stereocenters. The second kappa shape index (κ2) is 7.41. The summed E-state index contributed by atoms with van der Waals surface area (Å²) >= 11 is 0. The highest BCUT2D eigenvalue weighted by Gasteiger charge is 2.27. The van der Waals surface area contributed by atoms with E-state index in [1.165, 1.54) is 0 Å². The molecular weight excluding hydrogens is 252 g/mol. The molecule has 0 radical (unpaired) electrons. The van der Waals surface area contributed by atoms with Crippen molar-refractivity contribution in [1.82, 2.24) is 10.2 Å². The van der Waals surface area contributed by atoms with Gasteiger partial charge in [-0.05, 0) is 31.9 Å². The molecule has 1 amide bonds. The standard InChI is InChI=1S/C16H24N2O2/c1-13(19)15-9-5-6-10-18(15)12-16(20)17-11-14-7-3-2-4-8-14/h2-4,7-8,13,15,19H,5-6,9-12H2,1H3,(H,17,20)/t13-,15-/m0/s1. The van der Waals surface area contributed by atoms with E-state index >= 15 is 0 Å². The van der Waals surface area contributed by atoms with Crippen LogP contribution < -0.4 is 5.32 Å². The van der Waals surface area contributed by atoms with Crippen LogP contribution in [0.2, 0.25) is 0 Å². The number of piperidine rings is 1. The highest BCUT2D eigenvalue weighted by molar-refractivity contribution is 5.78. The van der Waals surface area contributed by atoms with E-state index in [1.54, 1.807) is 0 Å². The zero-order chi connectivity index (χ0) is 14.4. The fraction of sp³-hybridized carbons (Fsp3) is 0.562. The molecule has 1 aromatic rings. The minimum absolute atomic E-state index is 0.0291. The lowest BCUT2D eigenvalue weighted by Crippen LogP contribution is -2.49. The molecule has 1 fully saturated rings. The summed E-state index contributed by atoms with van der Waals surface area (Å²) in [4.78, 5) is 14.1. The fourth-order valence-electron chi connectivity index (χ4n) is 2.80. The van der Waals surface area contributed by atoms with Gasteiger partial charge in [0.25, 0.3) is 0 Å². The minimum Gasteiger partial charge on any atom is -0.392 e. The Morgan fingerprint density at radius 3 is 2.85 bits per heavy atom. The van der Waals surface area contributed by atoms with Crippen molar-refractivity contribution in [2.45, 2.75) is 44.9 Å². The molecular formula is C16H24N2O2. The molecule has 1 heterocycles. The Morgan fingerprint density at radius 2 is 2.15 bits per heavy atom. The first-order valence-electron chi connectivity index (χ1n) is 7.39. The normalized spacial score (nSPS) is 21.4. The first kappa shape index (κ1) is 15.0. The van der Waals surface area contributed by atoms with Crippen molar-refractivity contribution in [3.8, 4) is 0 Å². The Morgan fingerprint density at radius 1 is 1.40 bits per heavy atom. The van der Waals surface area contributed by atoms with Crippen LogP contribution in [-0.4, -0.2) is 41.1 Å². The van der Waals surface area contributed by atoms with Gasteiger partial charge >= 0.3 is 0 Å². The van der Waals surface area contributed by atoms with Crippen molar-refractivity contribution in [3.05, 3.63) is 35.9 Å². The third-order valence-electron chi connectivity index (χ3n) is 3.90. The van der Waals surface area contributed by atoms with Crippen molar-refractivity contribution in [3.63, 3.8) is 0 Å². The Kier molecular flexibility index (Phi) is 5.56. The minimum atomic E-state index is -0.378. The lowest BCUT2D eigenvalue weighted by Gasteiger charge is -2.36. The average molecular weight is 276 g/mol. The van der Waals surface area contributed by atoms with E-state index in [-0.39, 0.29) is 18.1 Å². The van der Waals surface area contributed by atoms with Gasteiger partial charge in [-0.3, -0.25) is 9.69 Å². The van der Waals surface area contributed by atoms with Crippen molar-refractivity contribution < 1.29 is 9.90 Å². The zero-order valence-corrected chi connectivity index (χ0v) is 12.1. The largest absolute Gasteiger partial charge is 0.392 e. The van der Waals surface area contributed by atoms with Gasteiger partial charge in [0, 0.05) is 12.6 Å². The maximum absolute atomic E-state index is 12.0.